The van der Waals surface area contributed by atoms with E-state index >= 15 is 0 Å². The highest BCUT2D eigenvalue weighted by atomic mass is 19.2. The van der Waals surface area contributed by atoms with Crippen molar-refractivity contribution in [2.75, 3.05) is 33.0 Å². The molecule has 0 aliphatic rings. The average Bonchev–Trinajstić information content (AvgIpc) is 2.78. The number of rotatable bonds is 15. The van der Waals surface area contributed by atoms with E-state index in [0.717, 1.165) is 19.3 Å². The van der Waals surface area contributed by atoms with E-state index in [4.69, 9.17) is 14.2 Å². The molecule has 0 saturated heterocycles. The Balaban J connectivity index is 2.19. The number of hydrogen-bond acceptors (Lipinski definition) is 6. The van der Waals surface area contributed by atoms with Gasteiger partial charge in [0.25, 0.3) is 0 Å². The van der Waals surface area contributed by atoms with E-state index in [1.807, 2.05) is 13.8 Å². The number of ether oxygens (including phenoxy) is 4. The molecule has 0 aliphatic heterocycles. The van der Waals surface area contributed by atoms with Crippen LogP contribution in [-0.2, 0) is 23.8 Å². The van der Waals surface area contributed by atoms with Gasteiger partial charge in [-0.25, -0.2) is 13.2 Å². The number of hydrogen-bond donors (Lipinski definition) is 0. The van der Waals surface area contributed by atoms with Crippen LogP contribution in [0.15, 0.2) is 0 Å². The topological polar surface area (TPSA) is 71.1 Å². The lowest BCUT2D eigenvalue weighted by Gasteiger charge is -2.13. The van der Waals surface area contributed by atoms with Crippen LogP contribution in [0.4, 0.5) is 22.0 Å². The zero-order valence-corrected chi connectivity index (χ0v) is 18.0. The summed E-state index contributed by atoms with van der Waals surface area (Å²) >= 11 is 0. The quantitative estimate of drug-likeness (QED) is 0.0941. The van der Waals surface area contributed by atoms with E-state index < -0.39 is 47.2 Å². The van der Waals surface area contributed by atoms with E-state index in [1.165, 1.54) is 0 Å². The van der Waals surface area contributed by atoms with Crippen LogP contribution in [0.25, 0.3) is 0 Å². The second-order valence-corrected chi connectivity index (χ2v) is 6.76. The lowest BCUT2D eigenvalue weighted by Crippen LogP contribution is -2.20. The molecule has 1 aromatic carbocycles. The molecule has 1 rings (SSSR count). The van der Waals surface area contributed by atoms with E-state index in [0.29, 0.717) is 6.42 Å². The minimum atomic E-state index is -2.35. The van der Waals surface area contributed by atoms with Crippen molar-refractivity contribution >= 4 is 11.9 Å². The Hall–Kier alpha value is -2.27. The van der Waals surface area contributed by atoms with Gasteiger partial charge in [0, 0.05) is 0 Å². The first-order chi connectivity index (χ1) is 15.2. The molecule has 0 aromatic heterocycles. The van der Waals surface area contributed by atoms with Gasteiger partial charge < -0.3 is 18.9 Å². The highest BCUT2D eigenvalue weighted by Crippen LogP contribution is 2.29. The Morgan fingerprint density at radius 2 is 1.31 bits per heavy atom. The highest BCUT2D eigenvalue weighted by molar-refractivity contribution is 5.72. The third-order valence-electron chi connectivity index (χ3n) is 4.41. The standard InChI is InChI=1S/C21H27F5O6/c1-3-5-6-13(4-2)21(28)31-12-11-30-10-9-29-8-7-14(27)32-20-18(25)16(23)15(22)17(24)19(20)26/h13H,3-12H2,1-2H3. The van der Waals surface area contributed by atoms with Crippen LogP contribution < -0.4 is 4.74 Å². The molecule has 11 heteroatoms. The maximum absolute atomic E-state index is 13.4. The van der Waals surface area contributed by atoms with Crippen LogP contribution in [0.5, 0.6) is 5.75 Å². The van der Waals surface area contributed by atoms with Crippen LogP contribution in [-0.4, -0.2) is 45.0 Å². The van der Waals surface area contributed by atoms with Crippen LogP contribution in [0.2, 0.25) is 0 Å². The van der Waals surface area contributed by atoms with Crippen molar-refractivity contribution in [3.8, 4) is 5.75 Å². The summed E-state index contributed by atoms with van der Waals surface area (Å²) in [5.41, 5.74) is 0. The first-order valence-electron chi connectivity index (χ1n) is 10.3. The number of benzene rings is 1. The fraction of sp³-hybridized carbons (Fsp3) is 0.619. The summed E-state index contributed by atoms with van der Waals surface area (Å²) < 4.78 is 85.6. The molecule has 0 amide bonds. The number of unbranched alkanes of at least 4 members (excludes halogenated alkanes) is 1. The Bertz CT molecular complexity index is 730. The highest BCUT2D eigenvalue weighted by Gasteiger charge is 2.28. The molecule has 1 atom stereocenters. The molecule has 0 saturated carbocycles. The number of esters is 2. The van der Waals surface area contributed by atoms with Gasteiger partial charge in [-0.15, -0.1) is 0 Å². The molecule has 0 aliphatic carbocycles. The van der Waals surface area contributed by atoms with E-state index in [-0.39, 0.29) is 44.9 Å². The maximum atomic E-state index is 13.4. The van der Waals surface area contributed by atoms with Crippen molar-refractivity contribution in [2.45, 2.75) is 46.0 Å². The third-order valence-corrected chi connectivity index (χ3v) is 4.41. The van der Waals surface area contributed by atoms with Crippen LogP contribution in [0, 0.1) is 35.0 Å². The van der Waals surface area contributed by atoms with Gasteiger partial charge in [0.1, 0.15) is 6.61 Å². The van der Waals surface area contributed by atoms with Crippen molar-refractivity contribution < 1.29 is 50.5 Å². The van der Waals surface area contributed by atoms with Crippen molar-refractivity contribution in [3.63, 3.8) is 0 Å². The average molecular weight is 470 g/mol. The smallest absolute Gasteiger partial charge is 0.313 e. The van der Waals surface area contributed by atoms with Crippen LogP contribution in [0.1, 0.15) is 46.0 Å². The summed E-state index contributed by atoms with van der Waals surface area (Å²) in [6, 6.07) is 0. The SMILES string of the molecule is CCCCC(CC)C(=O)OCCOCCOCCC(=O)Oc1c(F)c(F)c(F)c(F)c1F. The van der Waals surface area contributed by atoms with Gasteiger partial charge in [-0.3, -0.25) is 9.59 Å². The van der Waals surface area contributed by atoms with Gasteiger partial charge in [0.15, 0.2) is 0 Å². The second kappa shape index (κ2) is 14.7. The summed E-state index contributed by atoms with van der Waals surface area (Å²) in [5.74, 6) is -14.5. The summed E-state index contributed by atoms with van der Waals surface area (Å²) in [7, 11) is 0. The van der Waals surface area contributed by atoms with Gasteiger partial charge >= 0.3 is 11.9 Å². The third kappa shape index (κ3) is 8.70. The van der Waals surface area contributed by atoms with E-state index in [2.05, 4.69) is 4.74 Å². The van der Waals surface area contributed by atoms with Gasteiger partial charge in [0.05, 0.1) is 38.8 Å². The molecular formula is C21H27F5O6. The first-order valence-corrected chi connectivity index (χ1v) is 10.3. The molecule has 0 heterocycles. The Labute approximate surface area is 183 Å². The molecule has 0 radical (unpaired) electrons. The number of carbonyl (C=O) groups is 2. The van der Waals surface area contributed by atoms with Crippen LogP contribution in [0.3, 0.4) is 0 Å². The van der Waals surface area contributed by atoms with Gasteiger partial charge in [-0.05, 0) is 12.8 Å². The molecule has 182 valence electrons. The largest absolute Gasteiger partial charge is 0.463 e. The predicted molar refractivity (Wildman–Crippen MR) is 102 cm³/mol. The molecule has 0 fully saturated rings. The normalized spacial score (nSPS) is 12.0. The summed E-state index contributed by atoms with van der Waals surface area (Å²) in [5, 5.41) is 0. The fourth-order valence-corrected chi connectivity index (χ4v) is 2.57. The molecule has 32 heavy (non-hydrogen) atoms. The predicted octanol–water partition coefficient (Wildman–Crippen LogP) is 4.47. The summed E-state index contributed by atoms with van der Waals surface area (Å²) in [4.78, 5) is 23.4. The zero-order chi connectivity index (χ0) is 24.1. The number of halogens is 5. The Morgan fingerprint density at radius 3 is 1.88 bits per heavy atom. The molecule has 1 unspecified atom stereocenters. The van der Waals surface area contributed by atoms with Gasteiger partial charge in [0.2, 0.25) is 34.8 Å². The van der Waals surface area contributed by atoms with Crippen molar-refractivity contribution in [1.82, 2.24) is 0 Å². The Morgan fingerprint density at radius 1 is 0.781 bits per heavy atom. The monoisotopic (exact) mass is 470 g/mol. The van der Waals surface area contributed by atoms with Crippen molar-refractivity contribution in [3.05, 3.63) is 29.1 Å². The summed E-state index contributed by atoms with van der Waals surface area (Å²) in [6.07, 6.45) is 2.96. The lowest BCUT2D eigenvalue weighted by molar-refractivity contribution is -0.150. The lowest BCUT2D eigenvalue weighted by atomic mass is 10.00. The Kier molecular flexibility index (Phi) is 12.8. The first kappa shape index (κ1) is 27.8. The van der Waals surface area contributed by atoms with Crippen molar-refractivity contribution in [1.29, 1.82) is 0 Å². The molecule has 0 spiro atoms. The number of carbonyl (C=O) groups excluding carboxylic acids is 2. The van der Waals surface area contributed by atoms with E-state index in [1.54, 1.807) is 0 Å². The fourth-order valence-electron chi connectivity index (χ4n) is 2.57. The van der Waals surface area contributed by atoms with Gasteiger partial charge in [-0.1, -0.05) is 26.7 Å². The molecule has 0 bridgehead atoms. The maximum Gasteiger partial charge on any atom is 0.313 e. The minimum Gasteiger partial charge on any atom is -0.463 e. The minimum absolute atomic E-state index is 0.0534. The molecule has 0 N–H and O–H groups in total. The second-order valence-electron chi connectivity index (χ2n) is 6.76. The molecule has 1 aromatic rings. The molecule has 6 nitrogen and oxygen atoms in total. The van der Waals surface area contributed by atoms with E-state index in [9.17, 15) is 31.5 Å². The summed E-state index contributed by atoms with van der Waals surface area (Å²) in [6.45, 7) is 4.16. The molecular weight excluding hydrogens is 443 g/mol. The van der Waals surface area contributed by atoms with Crippen molar-refractivity contribution in [2.24, 2.45) is 5.92 Å². The zero-order valence-electron chi connectivity index (χ0n) is 18.0. The van der Waals surface area contributed by atoms with Gasteiger partial charge in [-0.2, -0.15) is 8.78 Å². The van der Waals surface area contributed by atoms with Crippen LogP contribution >= 0.6 is 0 Å².